The summed E-state index contributed by atoms with van der Waals surface area (Å²) < 4.78 is 13.0. The van der Waals surface area contributed by atoms with E-state index in [1.165, 1.54) is 68.1 Å². The van der Waals surface area contributed by atoms with Crippen molar-refractivity contribution in [3.8, 4) is 11.5 Å². The number of aliphatic hydroxyl groups is 1. The minimum atomic E-state index is -0.799. The first kappa shape index (κ1) is 29.7. The molecule has 4 aliphatic rings. The van der Waals surface area contributed by atoms with Gasteiger partial charge in [0.2, 0.25) is 0 Å². The molecule has 1 saturated heterocycles. The molecular formula is C37H52N2O3. The number of methoxy groups -OCH3 is 1. The normalized spacial score (nSPS) is 29.3. The molecule has 2 bridgehead atoms. The van der Waals surface area contributed by atoms with Crippen LogP contribution in [0.2, 0.25) is 0 Å². The second kappa shape index (κ2) is 12.7. The van der Waals surface area contributed by atoms with Gasteiger partial charge in [0.15, 0.2) is 11.5 Å². The Morgan fingerprint density at radius 2 is 1.83 bits per heavy atom. The maximum atomic E-state index is 12.8. The van der Waals surface area contributed by atoms with Crippen molar-refractivity contribution >= 4 is 0 Å². The summed E-state index contributed by atoms with van der Waals surface area (Å²) in [7, 11) is 1.75. The Kier molecular flexibility index (Phi) is 9.00. The smallest absolute Gasteiger partial charge is 0.165 e. The number of ether oxygens (including phenoxy) is 2. The molecule has 0 amide bonds. The lowest BCUT2D eigenvalue weighted by Gasteiger charge is -2.65. The van der Waals surface area contributed by atoms with E-state index < -0.39 is 5.60 Å². The quantitative estimate of drug-likeness (QED) is 0.190. The zero-order valence-corrected chi connectivity index (χ0v) is 26.0. The Morgan fingerprint density at radius 3 is 2.60 bits per heavy atom. The molecule has 0 radical (unpaired) electrons. The third-order valence-electron chi connectivity index (χ3n) is 11.1. The number of benzene rings is 2. The fraction of sp³-hybridized carbons (Fsp3) is 0.622. The molecule has 2 fully saturated rings. The molecule has 2 aromatic rings. The van der Waals surface area contributed by atoms with Gasteiger partial charge in [-0.25, -0.2) is 0 Å². The summed E-state index contributed by atoms with van der Waals surface area (Å²) >= 11 is 0. The highest BCUT2D eigenvalue weighted by Gasteiger charge is 2.73. The van der Waals surface area contributed by atoms with Crippen LogP contribution < -0.4 is 9.47 Å². The average Bonchev–Trinajstić information content (AvgIpc) is 3.36. The highest BCUT2D eigenvalue weighted by atomic mass is 16.5. The summed E-state index contributed by atoms with van der Waals surface area (Å²) in [5.74, 6) is 1.73. The number of likely N-dealkylation sites (tertiary alicyclic amines) is 1. The molecule has 1 saturated carbocycles. The third-order valence-corrected chi connectivity index (χ3v) is 11.1. The van der Waals surface area contributed by atoms with Gasteiger partial charge in [0.25, 0.3) is 0 Å². The molecule has 5 nitrogen and oxygen atoms in total. The molecular weight excluding hydrogens is 520 g/mol. The van der Waals surface area contributed by atoms with Gasteiger partial charge in [-0.1, -0.05) is 75.1 Å². The van der Waals surface area contributed by atoms with Crippen molar-refractivity contribution in [2.24, 2.45) is 0 Å². The van der Waals surface area contributed by atoms with E-state index in [0.717, 1.165) is 63.4 Å². The van der Waals surface area contributed by atoms with Gasteiger partial charge in [-0.05, 0) is 88.2 Å². The van der Waals surface area contributed by atoms with Crippen LogP contribution in [0.5, 0.6) is 11.5 Å². The summed E-state index contributed by atoms with van der Waals surface area (Å²) in [5.41, 5.74) is 2.88. The fourth-order valence-corrected chi connectivity index (χ4v) is 9.16. The minimum absolute atomic E-state index is 0.0466. The predicted molar refractivity (Wildman–Crippen MR) is 171 cm³/mol. The highest BCUT2D eigenvalue weighted by Crippen LogP contribution is 2.66. The van der Waals surface area contributed by atoms with Gasteiger partial charge in [0.05, 0.1) is 18.1 Å². The Morgan fingerprint density at radius 1 is 1.05 bits per heavy atom. The number of hydrogen-bond acceptors (Lipinski definition) is 5. The van der Waals surface area contributed by atoms with Gasteiger partial charge >= 0.3 is 0 Å². The molecule has 2 heterocycles. The van der Waals surface area contributed by atoms with Crippen LogP contribution in [0.15, 0.2) is 55.1 Å². The van der Waals surface area contributed by atoms with Crippen molar-refractivity contribution in [1.29, 1.82) is 0 Å². The second-order valence-corrected chi connectivity index (χ2v) is 13.3. The molecule has 5 atom stereocenters. The van der Waals surface area contributed by atoms with Crippen LogP contribution in [0, 0.1) is 0 Å². The SMILES string of the molecule is C=CCN1CC[C@]23c4c5ccc(OC)c4O[C@H]2[C@H](N(CCCCC)CCCCCCc2ccccc2)CC[C@@]3(O)[C@H]1C5. The van der Waals surface area contributed by atoms with Crippen LogP contribution in [-0.4, -0.2) is 72.0 Å². The van der Waals surface area contributed by atoms with Crippen molar-refractivity contribution < 1.29 is 14.6 Å². The predicted octanol–water partition coefficient (Wildman–Crippen LogP) is 6.70. The van der Waals surface area contributed by atoms with Crippen molar-refractivity contribution in [2.45, 2.75) is 113 Å². The Balaban J connectivity index is 1.24. The number of rotatable bonds is 15. The standard InChI is InChI=1S/C37H52N2O3/c1-4-6-13-24-38(25-14-8-7-10-15-28-16-11-9-12-17-28)30-20-21-37(40)32-27-29-18-19-31(41-3)34-33(29)36(37,35(30)42-34)22-26-39(32)23-5-2/h5,9,11-12,16-19,30,32,35,40H,2,4,6-8,10,13-15,20-27H2,1,3H3/t30-,32-,35+,36+,37-/m1/s1. The van der Waals surface area contributed by atoms with Gasteiger partial charge in [-0.2, -0.15) is 0 Å². The van der Waals surface area contributed by atoms with Gasteiger partial charge in [0.1, 0.15) is 6.10 Å². The van der Waals surface area contributed by atoms with Crippen LogP contribution in [-0.2, 0) is 18.3 Å². The van der Waals surface area contributed by atoms with E-state index in [1.54, 1.807) is 7.11 Å². The summed E-state index contributed by atoms with van der Waals surface area (Å²) in [6, 6.07) is 15.6. The largest absolute Gasteiger partial charge is 0.493 e. The minimum Gasteiger partial charge on any atom is -0.493 e. The lowest BCUT2D eigenvalue weighted by atomic mass is 9.48. The first-order chi connectivity index (χ1) is 20.6. The average molecular weight is 573 g/mol. The van der Waals surface area contributed by atoms with Crippen molar-refractivity contribution in [1.82, 2.24) is 9.80 Å². The number of aryl methyl sites for hydroxylation is 1. The van der Waals surface area contributed by atoms with E-state index in [-0.39, 0.29) is 17.6 Å². The maximum absolute atomic E-state index is 12.8. The third kappa shape index (κ3) is 5.00. The van der Waals surface area contributed by atoms with E-state index >= 15 is 0 Å². The molecule has 0 aromatic heterocycles. The van der Waals surface area contributed by atoms with Gasteiger partial charge < -0.3 is 14.6 Å². The van der Waals surface area contributed by atoms with Crippen LogP contribution >= 0.6 is 0 Å². The Labute approximate surface area is 253 Å². The number of hydrogen-bond donors (Lipinski definition) is 1. The molecule has 2 aromatic carbocycles. The molecule has 1 N–H and O–H groups in total. The van der Waals surface area contributed by atoms with Crippen molar-refractivity contribution in [3.05, 3.63) is 71.8 Å². The van der Waals surface area contributed by atoms with Gasteiger partial charge in [-0.15, -0.1) is 6.58 Å². The van der Waals surface area contributed by atoms with Crippen LogP contribution in [0.25, 0.3) is 0 Å². The molecule has 228 valence electrons. The summed E-state index contributed by atoms with van der Waals surface area (Å²) in [4.78, 5) is 5.25. The fourth-order valence-electron chi connectivity index (χ4n) is 9.16. The Bertz CT molecular complexity index is 1220. The van der Waals surface area contributed by atoms with Crippen molar-refractivity contribution in [2.75, 3.05) is 33.3 Å². The monoisotopic (exact) mass is 572 g/mol. The number of unbranched alkanes of at least 4 members (excludes halogenated alkanes) is 5. The van der Waals surface area contributed by atoms with Crippen LogP contribution in [0.1, 0.15) is 87.8 Å². The summed E-state index contributed by atoms with van der Waals surface area (Å²) in [6.07, 6.45) is 15.5. The molecule has 1 spiro atoms. The first-order valence-electron chi connectivity index (χ1n) is 16.8. The molecule has 6 rings (SSSR count). The molecule has 2 aliphatic carbocycles. The van der Waals surface area contributed by atoms with Gasteiger partial charge in [0, 0.05) is 24.2 Å². The first-order valence-corrected chi connectivity index (χ1v) is 16.8. The van der Waals surface area contributed by atoms with Crippen LogP contribution in [0.3, 0.4) is 0 Å². The highest BCUT2D eigenvalue weighted by molar-refractivity contribution is 5.63. The van der Waals surface area contributed by atoms with E-state index in [2.05, 4.69) is 65.8 Å². The Hall–Kier alpha value is -2.34. The zero-order valence-electron chi connectivity index (χ0n) is 26.0. The summed E-state index contributed by atoms with van der Waals surface area (Å²) in [6.45, 7) is 10.4. The molecule has 2 aliphatic heterocycles. The number of piperidine rings is 1. The lowest BCUT2D eigenvalue weighted by Crippen LogP contribution is -2.78. The molecule has 5 heteroatoms. The van der Waals surface area contributed by atoms with E-state index in [9.17, 15) is 5.11 Å². The van der Waals surface area contributed by atoms with Gasteiger partial charge in [-0.3, -0.25) is 9.80 Å². The maximum Gasteiger partial charge on any atom is 0.165 e. The van der Waals surface area contributed by atoms with Crippen LogP contribution in [0.4, 0.5) is 0 Å². The molecule has 0 unspecified atom stereocenters. The lowest BCUT2D eigenvalue weighted by molar-refractivity contribution is -0.198. The number of nitrogens with zero attached hydrogens (tertiary/aromatic N) is 2. The molecule has 42 heavy (non-hydrogen) atoms. The van der Waals surface area contributed by atoms with E-state index in [4.69, 9.17) is 9.47 Å². The summed E-state index contributed by atoms with van der Waals surface area (Å²) in [5, 5.41) is 12.8. The second-order valence-electron chi connectivity index (χ2n) is 13.3. The zero-order chi connectivity index (χ0) is 29.2. The van der Waals surface area contributed by atoms with E-state index in [1.807, 2.05) is 6.08 Å². The van der Waals surface area contributed by atoms with Crippen molar-refractivity contribution in [3.63, 3.8) is 0 Å². The van der Waals surface area contributed by atoms with E-state index in [0.29, 0.717) is 6.04 Å². The topological polar surface area (TPSA) is 45.2 Å².